The molecule has 0 saturated heterocycles. The molecule has 0 bridgehead atoms. The normalized spacial score (nSPS) is 10.9. The summed E-state index contributed by atoms with van der Waals surface area (Å²) in [5.74, 6) is -0.244. The van der Waals surface area contributed by atoms with E-state index >= 15 is 0 Å². The van der Waals surface area contributed by atoms with Crippen molar-refractivity contribution in [1.29, 1.82) is 0 Å². The number of aliphatic hydroxyl groups excluding tert-OH is 1. The van der Waals surface area contributed by atoms with Gasteiger partial charge in [-0.3, -0.25) is 9.36 Å². The van der Waals surface area contributed by atoms with Crippen LogP contribution in [0.15, 0.2) is 47.3 Å². The predicted molar refractivity (Wildman–Crippen MR) is 88.7 cm³/mol. The molecule has 0 aliphatic rings. The third-order valence-electron chi connectivity index (χ3n) is 3.78. The maximum absolute atomic E-state index is 12.3. The number of carbonyl (C=O) groups excluding carboxylic acids is 1. The number of rotatable bonds is 4. The van der Waals surface area contributed by atoms with E-state index < -0.39 is 0 Å². The van der Waals surface area contributed by atoms with Crippen molar-refractivity contribution in [2.75, 3.05) is 11.9 Å². The highest BCUT2D eigenvalue weighted by molar-refractivity contribution is 6.05. The summed E-state index contributed by atoms with van der Waals surface area (Å²) < 4.78 is 1.50. The lowest BCUT2D eigenvalue weighted by molar-refractivity contribution is 0.102. The van der Waals surface area contributed by atoms with E-state index in [0.29, 0.717) is 23.2 Å². The zero-order valence-corrected chi connectivity index (χ0v) is 12.7. The number of hydrogen-bond donors (Lipinski definition) is 3. The first-order valence-electron chi connectivity index (χ1n) is 7.28. The highest BCUT2D eigenvalue weighted by Gasteiger charge is 2.10. The molecule has 118 valence electrons. The van der Waals surface area contributed by atoms with E-state index in [1.54, 1.807) is 37.4 Å². The van der Waals surface area contributed by atoms with Crippen molar-refractivity contribution < 1.29 is 9.90 Å². The number of anilines is 1. The van der Waals surface area contributed by atoms with Gasteiger partial charge in [0.25, 0.3) is 5.91 Å². The molecule has 6 nitrogen and oxygen atoms in total. The fourth-order valence-electron chi connectivity index (χ4n) is 2.47. The van der Waals surface area contributed by atoms with Crippen LogP contribution < -0.4 is 11.0 Å². The molecular formula is C17H17N3O3. The van der Waals surface area contributed by atoms with Gasteiger partial charge in [0.15, 0.2) is 0 Å². The molecular weight excluding hydrogens is 294 g/mol. The Balaban J connectivity index is 1.81. The first kappa shape index (κ1) is 15.1. The van der Waals surface area contributed by atoms with Crippen LogP contribution in [-0.2, 0) is 13.5 Å². The lowest BCUT2D eigenvalue weighted by atomic mass is 10.1. The van der Waals surface area contributed by atoms with Crippen molar-refractivity contribution in [2.45, 2.75) is 6.42 Å². The van der Waals surface area contributed by atoms with E-state index in [1.165, 1.54) is 4.57 Å². The largest absolute Gasteiger partial charge is 0.396 e. The summed E-state index contributed by atoms with van der Waals surface area (Å²) >= 11 is 0. The monoisotopic (exact) mass is 311 g/mol. The molecule has 0 atom stereocenters. The van der Waals surface area contributed by atoms with E-state index in [4.69, 9.17) is 5.11 Å². The van der Waals surface area contributed by atoms with Crippen LogP contribution in [0.4, 0.5) is 5.69 Å². The van der Waals surface area contributed by atoms with Gasteiger partial charge in [0.1, 0.15) is 0 Å². The molecule has 2 aromatic carbocycles. The zero-order chi connectivity index (χ0) is 16.4. The number of aromatic amines is 1. The maximum atomic E-state index is 12.3. The van der Waals surface area contributed by atoms with Crippen LogP contribution in [0.2, 0.25) is 0 Å². The summed E-state index contributed by atoms with van der Waals surface area (Å²) in [5.41, 5.74) is 3.33. The Morgan fingerprint density at radius 1 is 1.22 bits per heavy atom. The highest BCUT2D eigenvalue weighted by Crippen LogP contribution is 2.15. The summed E-state index contributed by atoms with van der Waals surface area (Å²) in [6, 6.07) is 12.4. The number of nitrogens with zero attached hydrogens (tertiary/aromatic N) is 1. The number of nitrogens with one attached hydrogen (secondary N) is 2. The van der Waals surface area contributed by atoms with Crippen LogP contribution in [0.1, 0.15) is 15.9 Å². The number of fused-ring (bicyclic) bond motifs is 1. The second-order valence-corrected chi connectivity index (χ2v) is 5.35. The fraction of sp³-hybridized carbons (Fsp3) is 0.176. The molecule has 0 saturated carbocycles. The predicted octanol–water partition coefficient (Wildman–Crippen LogP) is 1.65. The van der Waals surface area contributed by atoms with Gasteiger partial charge in [0, 0.05) is 24.9 Å². The summed E-state index contributed by atoms with van der Waals surface area (Å²) in [6.45, 7) is 0.0982. The van der Waals surface area contributed by atoms with Gasteiger partial charge in [0.05, 0.1) is 11.0 Å². The number of amides is 1. The Kier molecular flexibility index (Phi) is 3.99. The number of H-pyrrole nitrogens is 1. The summed E-state index contributed by atoms with van der Waals surface area (Å²) in [5, 5.41) is 11.7. The molecule has 0 fully saturated rings. The summed E-state index contributed by atoms with van der Waals surface area (Å²) in [6.07, 6.45) is 0.590. The third-order valence-corrected chi connectivity index (χ3v) is 3.78. The Morgan fingerprint density at radius 2 is 1.96 bits per heavy atom. The van der Waals surface area contributed by atoms with Crippen LogP contribution in [0.5, 0.6) is 0 Å². The van der Waals surface area contributed by atoms with Crippen molar-refractivity contribution in [1.82, 2.24) is 9.55 Å². The average molecular weight is 311 g/mol. The fourth-order valence-corrected chi connectivity index (χ4v) is 2.47. The Labute approximate surface area is 132 Å². The number of imidazole rings is 1. The first-order valence-corrected chi connectivity index (χ1v) is 7.28. The molecule has 0 unspecified atom stereocenters. The molecule has 0 spiro atoms. The number of benzene rings is 2. The van der Waals surface area contributed by atoms with Gasteiger partial charge in [-0.2, -0.15) is 0 Å². The molecule has 0 aliphatic carbocycles. The van der Waals surface area contributed by atoms with Crippen molar-refractivity contribution in [3.63, 3.8) is 0 Å². The number of aryl methyl sites for hydroxylation is 1. The third kappa shape index (κ3) is 3.02. The molecule has 3 aromatic rings. The molecule has 1 aromatic heterocycles. The van der Waals surface area contributed by atoms with Crippen LogP contribution in [0.25, 0.3) is 11.0 Å². The van der Waals surface area contributed by atoms with Crippen LogP contribution in [0, 0.1) is 0 Å². The molecule has 3 N–H and O–H groups in total. The van der Waals surface area contributed by atoms with E-state index in [9.17, 15) is 9.59 Å². The van der Waals surface area contributed by atoms with Crippen LogP contribution >= 0.6 is 0 Å². The van der Waals surface area contributed by atoms with Crippen molar-refractivity contribution in [3.05, 3.63) is 64.1 Å². The quantitative estimate of drug-likeness (QED) is 0.685. The van der Waals surface area contributed by atoms with E-state index in [1.807, 2.05) is 12.1 Å². The minimum Gasteiger partial charge on any atom is -0.396 e. The number of aromatic nitrogens is 2. The standard InChI is InChI=1S/C17H17N3O3/c1-20-15-7-4-12(10-14(15)19-17(20)23)16(22)18-13-5-2-11(3-6-13)8-9-21/h2-7,10,21H,8-9H2,1H3,(H,18,22)(H,19,23). The summed E-state index contributed by atoms with van der Waals surface area (Å²) in [4.78, 5) is 26.6. The van der Waals surface area contributed by atoms with Gasteiger partial charge < -0.3 is 15.4 Å². The zero-order valence-electron chi connectivity index (χ0n) is 12.7. The highest BCUT2D eigenvalue weighted by atomic mass is 16.3. The smallest absolute Gasteiger partial charge is 0.326 e. The summed E-state index contributed by atoms with van der Waals surface area (Å²) in [7, 11) is 1.68. The van der Waals surface area contributed by atoms with Gasteiger partial charge in [-0.1, -0.05) is 12.1 Å². The minimum absolute atomic E-state index is 0.0982. The average Bonchev–Trinajstić information content (AvgIpc) is 2.83. The van der Waals surface area contributed by atoms with Gasteiger partial charge in [0.2, 0.25) is 0 Å². The van der Waals surface area contributed by atoms with E-state index in [-0.39, 0.29) is 18.2 Å². The molecule has 0 aliphatic heterocycles. The Morgan fingerprint density at radius 3 is 2.65 bits per heavy atom. The second kappa shape index (κ2) is 6.10. The molecule has 3 rings (SSSR count). The Hall–Kier alpha value is -2.86. The minimum atomic E-state index is -0.244. The van der Waals surface area contributed by atoms with Crippen molar-refractivity contribution in [2.24, 2.45) is 7.05 Å². The second-order valence-electron chi connectivity index (χ2n) is 5.35. The molecule has 0 radical (unpaired) electrons. The number of carbonyl (C=O) groups is 1. The molecule has 23 heavy (non-hydrogen) atoms. The van der Waals surface area contributed by atoms with Crippen LogP contribution in [0.3, 0.4) is 0 Å². The van der Waals surface area contributed by atoms with Crippen molar-refractivity contribution in [3.8, 4) is 0 Å². The topological polar surface area (TPSA) is 87.1 Å². The number of aliphatic hydroxyl groups is 1. The molecule has 6 heteroatoms. The Bertz CT molecular complexity index is 907. The SMILES string of the molecule is Cn1c(=O)[nH]c2cc(C(=O)Nc3ccc(CCO)cc3)ccc21. The van der Waals surface area contributed by atoms with E-state index in [2.05, 4.69) is 10.3 Å². The van der Waals surface area contributed by atoms with Crippen LogP contribution in [-0.4, -0.2) is 27.2 Å². The molecule has 1 heterocycles. The van der Waals surface area contributed by atoms with Gasteiger partial charge >= 0.3 is 5.69 Å². The lowest BCUT2D eigenvalue weighted by Crippen LogP contribution is -2.12. The van der Waals surface area contributed by atoms with Crippen molar-refractivity contribution >= 4 is 22.6 Å². The lowest BCUT2D eigenvalue weighted by Gasteiger charge is -2.06. The van der Waals surface area contributed by atoms with Gasteiger partial charge in [-0.25, -0.2) is 4.79 Å². The van der Waals surface area contributed by atoms with E-state index in [0.717, 1.165) is 11.1 Å². The maximum Gasteiger partial charge on any atom is 0.326 e. The van der Waals surface area contributed by atoms with Gasteiger partial charge in [-0.05, 0) is 42.3 Å². The molecule has 1 amide bonds. The van der Waals surface area contributed by atoms with Gasteiger partial charge in [-0.15, -0.1) is 0 Å². The first-order chi connectivity index (χ1) is 11.1. The number of hydrogen-bond acceptors (Lipinski definition) is 3.